The van der Waals surface area contributed by atoms with Crippen molar-refractivity contribution in [1.29, 1.82) is 0 Å². The van der Waals surface area contributed by atoms with Crippen LogP contribution in [0.2, 0.25) is 0 Å². The molecule has 0 unspecified atom stereocenters. The summed E-state index contributed by atoms with van der Waals surface area (Å²) in [6.45, 7) is 3.45. The van der Waals surface area contributed by atoms with Gasteiger partial charge in [0.25, 0.3) is 0 Å². The van der Waals surface area contributed by atoms with Crippen molar-refractivity contribution in [3.63, 3.8) is 0 Å². The first kappa shape index (κ1) is 10.2. The number of aromatic nitrogens is 1. The van der Waals surface area contributed by atoms with Crippen LogP contribution in [0, 0.1) is 0 Å². The molecule has 0 fully saturated rings. The molecule has 0 aliphatic rings. The molecule has 0 bridgehead atoms. The minimum Gasteiger partial charge on any atom is -0.396 e. The monoisotopic (exact) mass is 203 g/mol. The van der Waals surface area contributed by atoms with Gasteiger partial charge in [0.2, 0.25) is 0 Å². The molecule has 0 aliphatic carbocycles. The molecular weight excluding hydrogens is 186 g/mol. The summed E-state index contributed by atoms with van der Waals surface area (Å²) in [5.41, 5.74) is 2.53. The topological polar surface area (TPSA) is 25.2 Å². The lowest BCUT2D eigenvalue weighted by Gasteiger charge is -2.01. The molecule has 80 valence electrons. The second-order valence-electron chi connectivity index (χ2n) is 3.84. The first-order valence-corrected chi connectivity index (χ1v) is 5.54. The van der Waals surface area contributed by atoms with Crippen LogP contribution in [0.3, 0.4) is 0 Å². The number of fused-ring (bicyclic) bond motifs is 1. The maximum absolute atomic E-state index is 9.01. The van der Waals surface area contributed by atoms with Gasteiger partial charge in [-0.1, -0.05) is 25.1 Å². The van der Waals surface area contributed by atoms with E-state index in [0.29, 0.717) is 0 Å². The van der Waals surface area contributed by atoms with Crippen molar-refractivity contribution >= 4 is 10.9 Å². The average Bonchev–Trinajstić information content (AvgIpc) is 2.59. The van der Waals surface area contributed by atoms with Crippen molar-refractivity contribution in [2.45, 2.75) is 26.3 Å². The Kier molecular flexibility index (Phi) is 3.07. The Morgan fingerprint density at radius 3 is 2.80 bits per heavy atom. The van der Waals surface area contributed by atoms with Gasteiger partial charge < -0.3 is 9.67 Å². The lowest BCUT2D eigenvalue weighted by molar-refractivity contribution is 0.300. The molecule has 2 aromatic rings. The van der Waals surface area contributed by atoms with E-state index in [1.807, 2.05) is 0 Å². The minimum absolute atomic E-state index is 0.222. The molecule has 1 heterocycles. The molecule has 2 heteroatoms. The molecule has 1 aromatic heterocycles. The van der Waals surface area contributed by atoms with E-state index in [1.165, 1.54) is 16.5 Å². The zero-order chi connectivity index (χ0) is 10.7. The standard InChI is InChI=1S/C13H17NO/c1-2-8-14-10-11(7-9-15)12-5-3-4-6-13(12)14/h3-6,10,15H,2,7-9H2,1H3. The van der Waals surface area contributed by atoms with Crippen LogP contribution < -0.4 is 0 Å². The Bertz CT molecular complexity index is 405. The molecule has 0 aliphatic heterocycles. The van der Waals surface area contributed by atoms with Crippen LogP contribution in [-0.4, -0.2) is 16.3 Å². The van der Waals surface area contributed by atoms with E-state index in [-0.39, 0.29) is 6.61 Å². The lowest BCUT2D eigenvalue weighted by atomic mass is 10.1. The van der Waals surface area contributed by atoms with Crippen molar-refractivity contribution in [3.8, 4) is 0 Å². The second-order valence-corrected chi connectivity index (χ2v) is 3.84. The van der Waals surface area contributed by atoms with E-state index in [4.69, 9.17) is 5.11 Å². The van der Waals surface area contributed by atoms with Gasteiger partial charge in [0.05, 0.1) is 0 Å². The Hall–Kier alpha value is -1.28. The van der Waals surface area contributed by atoms with Gasteiger partial charge in [0.1, 0.15) is 0 Å². The predicted octanol–water partition coefficient (Wildman–Crippen LogP) is 2.59. The second kappa shape index (κ2) is 4.49. The Morgan fingerprint density at radius 1 is 1.27 bits per heavy atom. The summed E-state index contributed by atoms with van der Waals surface area (Å²) in [5.74, 6) is 0. The van der Waals surface area contributed by atoms with Gasteiger partial charge >= 0.3 is 0 Å². The van der Waals surface area contributed by atoms with Crippen LogP contribution in [0.5, 0.6) is 0 Å². The number of rotatable bonds is 4. The fourth-order valence-electron chi connectivity index (χ4n) is 2.07. The molecule has 0 radical (unpaired) electrons. The number of aliphatic hydroxyl groups excluding tert-OH is 1. The van der Waals surface area contributed by atoms with Crippen LogP contribution in [0.15, 0.2) is 30.5 Å². The van der Waals surface area contributed by atoms with E-state index in [0.717, 1.165) is 19.4 Å². The maximum atomic E-state index is 9.01. The molecule has 0 saturated carbocycles. The molecule has 0 saturated heterocycles. The zero-order valence-corrected chi connectivity index (χ0v) is 9.11. The molecule has 0 amide bonds. The van der Waals surface area contributed by atoms with Crippen molar-refractivity contribution in [3.05, 3.63) is 36.0 Å². The summed E-state index contributed by atoms with van der Waals surface area (Å²) in [6, 6.07) is 8.40. The van der Waals surface area contributed by atoms with Crippen LogP contribution in [0.25, 0.3) is 10.9 Å². The third-order valence-electron chi connectivity index (χ3n) is 2.72. The van der Waals surface area contributed by atoms with E-state index in [1.54, 1.807) is 0 Å². The Labute approximate surface area is 90.2 Å². The van der Waals surface area contributed by atoms with E-state index >= 15 is 0 Å². The highest BCUT2D eigenvalue weighted by Crippen LogP contribution is 2.21. The third-order valence-corrected chi connectivity index (χ3v) is 2.72. The highest BCUT2D eigenvalue weighted by atomic mass is 16.2. The van der Waals surface area contributed by atoms with Crippen molar-refractivity contribution in [1.82, 2.24) is 4.57 Å². The van der Waals surface area contributed by atoms with Gasteiger partial charge in [-0.05, 0) is 24.5 Å². The van der Waals surface area contributed by atoms with Gasteiger partial charge in [-0.25, -0.2) is 0 Å². The van der Waals surface area contributed by atoms with E-state index < -0.39 is 0 Å². The van der Waals surface area contributed by atoms with Crippen molar-refractivity contribution < 1.29 is 5.11 Å². The number of hydrogen-bond donors (Lipinski definition) is 1. The van der Waals surface area contributed by atoms with Gasteiger partial charge in [0.15, 0.2) is 0 Å². The number of para-hydroxylation sites is 1. The maximum Gasteiger partial charge on any atom is 0.0483 e. The highest BCUT2D eigenvalue weighted by molar-refractivity contribution is 5.83. The number of aryl methyl sites for hydroxylation is 1. The van der Waals surface area contributed by atoms with Gasteiger partial charge in [0, 0.05) is 30.3 Å². The summed E-state index contributed by atoms with van der Waals surface area (Å²) in [7, 11) is 0. The van der Waals surface area contributed by atoms with Gasteiger partial charge in [-0.3, -0.25) is 0 Å². The quantitative estimate of drug-likeness (QED) is 0.811. The zero-order valence-electron chi connectivity index (χ0n) is 9.11. The van der Waals surface area contributed by atoms with Crippen LogP contribution in [0.1, 0.15) is 18.9 Å². The molecule has 2 nitrogen and oxygen atoms in total. The van der Waals surface area contributed by atoms with E-state index in [9.17, 15) is 0 Å². The summed E-state index contributed by atoms with van der Waals surface area (Å²) in [4.78, 5) is 0. The van der Waals surface area contributed by atoms with Crippen molar-refractivity contribution in [2.75, 3.05) is 6.61 Å². The molecule has 1 N–H and O–H groups in total. The SMILES string of the molecule is CCCn1cc(CCO)c2ccccc21. The van der Waals surface area contributed by atoms with Crippen molar-refractivity contribution in [2.24, 2.45) is 0 Å². The van der Waals surface area contributed by atoms with Gasteiger partial charge in [-0.2, -0.15) is 0 Å². The van der Waals surface area contributed by atoms with Gasteiger partial charge in [-0.15, -0.1) is 0 Å². The molecular formula is C13H17NO. The number of benzene rings is 1. The Morgan fingerprint density at radius 2 is 2.07 bits per heavy atom. The first-order valence-electron chi connectivity index (χ1n) is 5.54. The summed E-state index contributed by atoms with van der Waals surface area (Å²) >= 11 is 0. The molecule has 0 atom stereocenters. The molecule has 15 heavy (non-hydrogen) atoms. The molecule has 0 spiro atoms. The normalized spacial score (nSPS) is 11.1. The number of hydrogen-bond acceptors (Lipinski definition) is 1. The first-order chi connectivity index (χ1) is 7.36. The van der Waals surface area contributed by atoms with E-state index in [2.05, 4.69) is 42.0 Å². The number of aliphatic hydroxyl groups is 1. The number of nitrogens with zero attached hydrogens (tertiary/aromatic N) is 1. The fraction of sp³-hybridized carbons (Fsp3) is 0.385. The summed E-state index contributed by atoms with van der Waals surface area (Å²) in [5, 5.41) is 10.3. The van der Waals surface area contributed by atoms with Crippen LogP contribution >= 0.6 is 0 Å². The van der Waals surface area contributed by atoms with Crippen LogP contribution in [-0.2, 0) is 13.0 Å². The molecule has 2 rings (SSSR count). The van der Waals surface area contributed by atoms with Crippen LogP contribution in [0.4, 0.5) is 0 Å². The minimum atomic E-state index is 0.222. The average molecular weight is 203 g/mol. The predicted molar refractivity (Wildman–Crippen MR) is 63.0 cm³/mol. The molecule has 1 aromatic carbocycles. The third kappa shape index (κ3) is 1.90. The fourth-order valence-corrected chi connectivity index (χ4v) is 2.07. The highest BCUT2D eigenvalue weighted by Gasteiger charge is 2.06. The lowest BCUT2D eigenvalue weighted by Crippen LogP contribution is -1.93. The summed E-state index contributed by atoms with van der Waals surface area (Å²) < 4.78 is 2.28. The largest absolute Gasteiger partial charge is 0.396 e. The summed E-state index contributed by atoms with van der Waals surface area (Å²) in [6.07, 6.45) is 4.05. The Balaban J connectivity index is 2.52. The smallest absolute Gasteiger partial charge is 0.0483 e.